The lowest BCUT2D eigenvalue weighted by Crippen LogP contribution is -2.34. The molecule has 102 valence electrons. The van der Waals surface area contributed by atoms with Gasteiger partial charge >= 0.3 is 0 Å². The van der Waals surface area contributed by atoms with Crippen molar-refractivity contribution in [1.82, 2.24) is 0 Å². The van der Waals surface area contributed by atoms with Crippen molar-refractivity contribution in [2.24, 2.45) is 28.4 Å². The normalized spacial score (nSPS) is 37.6. The van der Waals surface area contributed by atoms with Gasteiger partial charge in [0.25, 0.3) is 0 Å². The SMILES string of the molecule is CCCCC1(CC)CC1(C)C(C)C(C)C(C)N. The standard InChI is InChI=1S/C16H33N/c1-7-9-10-16(8-2)11-15(16,6)13(4)12(3)14(5)17/h12-14H,7-11,17H2,1-6H3. The Morgan fingerprint density at radius 1 is 1.18 bits per heavy atom. The first-order valence-corrected chi connectivity index (χ1v) is 7.60. The van der Waals surface area contributed by atoms with E-state index in [1.807, 2.05) is 0 Å². The van der Waals surface area contributed by atoms with E-state index in [1.165, 1.54) is 32.1 Å². The number of unbranched alkanes of at least 4 members (excludes halogenated alkanes) is 1. The van der Waals surface area contributed by atoms with Crippen molar-refractivity contribution in [3.05, 3.63) is 0 Å². The fraction of sp³-hybridized carbons (Fsp3) is 1.00. The summed E-state index contributed by atoms with van der Waals surface area (Å²) in [6, 6.07) is 0.322. The fourth-order valence-electron chi connectivity index (χ4n) is 3.93. The molecule has 1 saturated carbocycles. The maximum absolute atomic E-state index is 6.09. The lowest BCUT2D eigenvalue weighted by atomic mass is 9.73. The van der Waals surface area contributed by atoms with E-state index >= 15 is 0 Å². The molecule has 0 aromatic carbocycles. The molecule has 2 N–H and O–H groups in total. The molecule has 1 fully saturated rings. The van der Waals surface area contributed by atoms with Crippen LogP contribution in [-0.4, -0.2) is 6.04 Å². The Balaban J connectivity index is 2.71. The quantitative estimate of drug-likeness (QED) is 0.690. The third-order valence-electron chi connectivity index (χ3n) is 6.10. The molecule has 0 aliphatic heterocycles. The molecule has 5 atom stereocenters. The molecule has 1 nitrogen and oxygen atoms in total. The Kier molecular flexibility index (Phi) is 4.68. The molecule has 0 amide bonds. The van der Waals surface area contributed by atoms with Gasteiger partial charge in [-0.3, -0.25) is 0 Å². The minimum atomic E-state index is 0.322. The van der Waals surface area contributed by atoms with Crippen LogP contribution in [0.3, 0.4) is 0 Å². The van der Waals surface area contributed by atoms with Crippen LogP contribution in [0.5, 0.6) is 0 Å². The highest BCUT2D eigenvalue weighted by atomic mass is 14.7. The summed E-state index contributed by atoms with van der Waals surface area (Å²) in [5.41, 5.74) is 7.27. The summed E-state index contributed by atoms with van der Waals surface area (Å²) in [4.78, 5) is 0. The van der Waals surface area contributed by atoms with Crippen LogP contribution >= 0.6 is 0 Å². The lowest BCUT2D eigenvalue weighted by molar-refractivity contribution is 0.169. The van der Waals surface area contributed by atoms with E-state index < -0.39 is 0 Å². The summed E-state index contributed by atoms with van der Waals surface area (Å²) in [6.07, 6.45) is 6.92. The van der Waals surface area contributed by atoms with Crippen LogP contribution < -0.4 is 5.73 Å². The maximum atomic E-state index is 6.09. The monoisotopic (exact) mass is 239 g/mol. The van der Waals surface area contributed by atoms with Gasteiger partial charge in [0, 0.05) is 6.04 Å². The molecule has 1 aliphatic rings. The van der Waals surface area contributed by atoms with Gasteiger partial charge in [0.2, 0.25) is 0 Å². The zero-order chi connectivity index (χ0) is 13.3. The number of rotatable bonds is 7. The molecule has 1 heteroatoms. The second-order valence-corrected chi connectivity index (χ2v) is 6.84. The largest absolute Gasteiger partial charge is 0.328 e. The van der Waals surface area contributed by atoms with Crippen LogP contribution in [0.2, 0.25) is 0 Å². The summed E-state index contributed by atoms with van der Waals surface area (Å²) in [5.74, 6) is 1.38. The Morgan fingerprint density at radius 2 is 1.76 bits per heavy atom. The van der Waals surface area contributed by atoms with Crippen LogP contribution in [0.15, 0.2) is 0 Å². The fourth-order valence-corrected chi connectivity index (χ4v) is 3.93. The summed E-state index contributed by atoms with van der Waals surface area (Å²) in [6.45, 7) is 14.1. The molecule has 0 aromatic rings. The predicted molar refractivity (Wildman–Crippen MR) is 77.0 cm³/mol. The molecule has 0 saturated heterocycles. The number of nitrogens with two attached hydrogens (primary N) is 1. The van der Waals surface area contributed by atoms with Crippen LogP contribution in [-0.2, 0) is 0 Å². The van der Waals surface area contributed by atoms with E-state index in [0.717, 1.165) is 5.92 Å². The van der Waals surface area contributed by atoms with Crippen LogP contribution in [0.1, 0.15) is 73.6 Å². The van der Waals surface area contributed by atoms with E-state index in [2.05, 4.69) is 41.5 Å². The maximum Gasteiger partial charge on any atom is 0.00388 e. The predicted octanol–water partition coefficient (Wildman–Crippen LogP) is 4.60. The van der Waals surface area contributed by atoms with Crippen molar-refractivity contribution in [2.45, 2.75) is 79.7 Å². The molecule has 0 radical (unpaired) electrons. The average Bonchev–Trinajstić information content (AvgIpc) is 2.92. The highest BCUT2D eigenvalue weighted by Crippen LogP contribution is 2.72. The van der Waals surface area contributed by atoms with Gasteiger partial charge in [0.05, 0.1) is 0 Å². The van der Waals surface area contributed by atoms with E-state index in [4.69, 9.17) is 5.73 Å². The van der Waals surface area contributed by atoms with Gasteiger partial charge in [0.1, 0.15) is 0 Å². The summed E-state index contributed by atoms with van der Waals surface area (Å²) in [5, 5.41) is 0. The second kappa shape index (κ2) is 5.30. The average molecular weight is 239 g/mol. The summed E-state index contributed by atoms with van der Waals surface area (Å²) >= 11 is 0. The third kappa shape index (κ3) is 2.54. The summed E-state index contributed by atoms with van der Waals surface area (Å²) < 4.78 is 0. The molecule has 1 aliphatic carbocycles. The molecule has 5 unspecified atom stereocenters. The molecule has 0 bridgehead atoms. The van der Waals surface area contributed by atoms with Crippen LogP contribution in [0.4, 0.5) is 0 Å². The van der Waals surface area contributed by atoms with E-state index in [0.29, 0.717) is 22.8 Å². The zero-order valence-corrected chi connectivity index (χ0v) is 12.8. The Morgan fingerprint density at radius 3 is 2.18 bits per heavy atom. The van der Waals surface area contributed by atoms with Crippen molar-refractivity contribution in [1.29, 1.82) is 0 Å². The molecule has 0 spiro atoms. The van der Waals surface area contributed by atoms with Gasteiger partial charge < -0.3 is 5.73 Å². The van der Waals surface area contributed by atoms with Gasteiger partial charge in [-0.1, -0.05) is 47.5 Å². The molecule has 17 heavy (non-hydrogen) atoms. The Labute approximate surface area is 109 Å². The smallest absolute Gasteiger partial charge is 0.00388 e. The first-order chi connectivity index (χ1) is 7.84. The van der Waals surface area contributed by atoms with Gasteiger partial charge in [-0.25, -0.2) is 0 Å². The Bertz CT molecular complexity index is 248. The molecule has 1 rings (SSSR count). The van der Waals surface area contributed by atoms with E-state index in [1.54, 1.807) is 0 Å². The number of hydrogen-bond donors (Lipinski definition) is 1. The van der Waals surface area contributed by atoms with Crippen molar-refractivity contribution in [3.63, 3.8) is 0 Å². The Hall–Kier alpha value is -0.0400. The van der Waals surface area contributed by atoms with Gasteiger partial charge in [-0.2, -0.15) is 0 Å². The summed E-state index contributed by atoms with van der Waals surface area (Å²) in [7, 11) is 0. The van der Waals surface area contributed by atoms with Crippen molar-refractivity contribution in [2.75, 3.05) is 0 Å². The molecular weight excluding hydrogens is 206 g/mol. The van der Waals surface area contributed by atoms with Gasteiger partial charge in [-0.05, 0) is 48.9 Å². The third-order valence-corrected chi connectivity index (χ3v) is 6.10. The van der Waals surface area contributed by atoms with Crippen LogP contribution in [0, 0.1) is 22.7 Å². The van der Waals surface area contributed by atoms with Crippen molar-refractivity contribution < 1.29 is 0 Å². The zero-order valence-electron chi connectivity index (χ0n) is 12.8. The van der Waals surface area contributed by atoms with Crippen molar-refractivity contribution in [3.8, 4) is 0 Å². The molecular formula is C16H33N. The number of hydrogen-bond acceptors (Lipinski definition) is 1. The van der Waals surface area contributed by atoms with Gasteiger partial charge in [0.15, 0.2) is 0 Å². The van der Waals surface area contributed by atoms with E-state index in [-0.39, 0.29) is 0 Å². The van der Waals surface area contributed by atoms with Crippen molar-refractivity contribution >= 4 is 0 Å². The molecule has 0 aromatic heterocycles. The highest BCUT2D eigenvalue weighted by Gasteiger charge is 2.64. The molecule has 0 heterocycles. The first-order valence-electron chi connectivity index (χ1n) is 7.60. The first kappa shape index (κ1) is 15.0. The van der Waals surface area contributed by atoms with E-state index in [9.17, 15) is 0 Å². The highest BCUT2D eigenvalue weighted by molar-refractivity contribution is 5.13. The minimum Gasteiger partial charge on any atom is -0.328 e. The van der Waals surface area contributed by atoms with Gasteiger partial charge in [-0.15, -0.1) is 0 Å². The van der Waals surface area contributed by atoms with Crippen LogP contribution in [0.25, 0.3) is 0 Å². The topological polar surface area (TPSA) is 26.0 Å². The minimum absolute atomic E-state index is 0.322. The lowest BCUT2D eigenvalue weighted by Gasteiger charge is -2.33. The second-order valence-electron chi connectivity index (χ2n) is 6.84.